The third-order valence-corrected chi connectivity index (χ3v) is 3.61. The smallest absolute Gasteiger partial charge is 0.135 e. The predicted molar refractivity (Wildman–Crippen MR) is 65.0 cm³/mol. The summed E-state index contributed by atoms with van der Waals surface area (Å²) in [4.78, 5) is 11.7. The molecule has 0 amide bonds. The molecule has 0 heterocycles. The van der Waals surface area contributed by atoms with Crippen molar-refractivity contribution in [2.75, 3.05) is 0 Å². The molecule has 0 aromatic carbocycles. The summed E-state index contributed by atoms with van der Waals surface area (Å²) in [6.07, 6.45) is 13.8. The molecule has 0 saturated heterocycles. The highest BCUT2D eigenvalue weighted by atomic mass is 16.1. The highest BCUT2D eigenvalue weighted by Gasteiger charge is 2.12. The Labute approximate surface area is 94.6 Å². The number of hydrogen-bond donors (Lipinski definition) is 0. The lowest BCUT2D eigenvalue weighted by atomic mass is 9.95. The van der Waals surface area contributed by atoms with E-state index in [0.717, 1.165) is 19.3 Å². The van der Waals surface area contributed by atoms with Gasteiger partial charge in [-0.05, 0) is 12.8 Å². The Hall–Kier alpha value is -0.330. The number of hydrogen-bond acceptors (Lipinski definition) is 1. The van der Waals surface area contributed by atoms with Crippen molar-refractivity contribution in [2.24, 2.45) is 5.92 Å². The molecule has 0 aliphatic heterocycles. The Morgan fingerprint density at radius 3 is 1.87 bits per heavy atom. The van der Waals surface area contributed by atoms with Gasteiger partial charge in [-0.15, -0.1) is 0 Å². The van der Waals surface area contributed by atoms with Crippen LogP contribution in [0.4, 0.5) is 0 Å². The molecular weight excluding hydrogens is 184 g/mol. The maximum Gasteiger partial charge on any atom is 0.135 e. The van der Waals surface area contributed by atoms with Crippen LogP contribution in [0, 0.1) is 5.92 Å². The van der Waals surface area contributed by atoms with Crippen molar-refractivity contribution in [3.8, 4) is 0 Å². The van der Waals surface area contributed by atoms with Crippen LogP contribution in [0.3, 0.4) is 0 Å². The van der Waals surface area contributed by atoms with E-state index in [9.17, 15) is 4.79 Å². The quantitative estimate of drug-likeness (QED) is 0.575. The van der Waals surface area contributed by atoms with E-state index in [4.69, 9.17) is 0 Å². The van der Waals surface area contributed by atoms with Crippen molar-refractivity contribution in [3.63, 3.8) is 0 Å². The van der Waals surface area contributed by atoms with E-state index in [2.05, 4.69) is 6.92 Å². The maximum atomic E-state index is 11.7. The summed E-state index contributed by atoms with van der Waals surface area (Å²) in [5.74, 6) is 0.833. The van der Waals surface area contributed by atoms with Gasteiger partial charge in [0.25, 0.3) is 0 Å². The van der Waals surface area contributed by atoms with Crippen LogP contribution in [0.5, 0.6) is 0 Å². The summed E-state index contributed by atoms with van der Waals surface area (Å²) in [7, 11) is 0. The van der Waals surface area contributed by atoms with Crippen LogP contribution in [0.25, 0.3) is 0 Å². The summed E-state index contributed by atoms with van der Waals surface area (Å²) in [5.41, 5.74) is 0. The molecule has 0 aromatic heterocycles. The van der Waals surface area contributed by atoms with Crippen molar-refractivity contribution < 1.29 is 4.79 Å². The number of ketones is 1. The van der Waals surface area contributed by atoms with Crippen LogP contribution in [0.2, 0.25) is 0 Å². The Bertz CT molecular complexity index is 174. The zero-order valence-electron chi connectivity index (χ0n) is 10.3. The first-order valence-corrected chi connectivity index (χ1v) is 6.83. The molecular formula is C14H26O. The van der Waals surface area contributed by atoms with E-state index in [1.54, 1.807) is 0 Å². The van der Waals surface area contributed by atoms with Gasteiger partial charge in [0.05, 0.1) is 0 Å². The minimum absolute atomic E-state index is 0.325. The van der Waals surface area contributed by atoms with E-state index in [0.29, 0.717) is 11.7 Å². The highest BCUT2D eigenvalue weighted by Crippen LogP contribution is 2.18. The van der Waals surface area contributed by atoms with E-state index < -0.39 is 0 Å². The van der Waals surface area contributed by atoms with Gasteiger partial charge < -0.3 is 0 Å². The minimum atomic E-state index is 0.325. The molecule has 15 heavy (non-hydrogen) atoms. The van der Waals surface area contributed by atoms with Gasteiger partial charge in [-0.25, -0.2) is 0 Å². The molecule has 88 valence electrons. The van der Waals surface area contributed by atoms with E-state index in [1.165, 1.54) is 51.4 Å². The molecule has 0 radical (unpaired) electrons. The first kappa shape index (κ1) is 12.7. The second-order valence-corrected chi connectivity index (χ2v) is 5.09. The number of carbonyl (C=O) groups excluding carboxylic acids is 1. The second-order valence-electron chi connectivity index (χ2n) is 5.09. The SMILES string of the molecule is CC1CCCCCCCCCCCC1=O. The Morgan fingerprint density at radius 1 is 0.800 bits per heavy atom. The van der Waals surface area contributed by atoms with Gasteiger partial charge in [0, 0.05) is 12.3 Å². The molecule has 0 N–H and O–H groups in total. The Morgan fingerprint density at radius 2 is 1.27 bits per heavy atom. The van der Waals surface area contributed by atoms with Crippen LogP contribution < -0.4 is 0 Å². The molecule has 1 fully saturated rings. The lowest BCUT2D eigenvalue weighted by Crippen LogP contribution is -2.10. The molecule has 1 rings (SSSR count). The summed E-state index contributed by atoms with van der Waals surface area (Å²) in [5, 5.41) is 0. The van der Waals surface area contributed by atoms with E-state index >= 15 is 0 Å². The minimum Gasteiger partial charge on any atom is -0.299 e. The average molecular weight is 210 g/mol. The third kappa shape index (κ3) is 5.96. The molecule has 1 aliphatic carbocycles. The molecule has 1 aliphatic rings. The monoisotopic (exact) mass is 210 g/mol. The van der Waals surface area contributed by atoms with Crippen molar-refractivity contribution in [1.29, 1.82) is 0 Å². The topological polar surface area (TPSA) is 17.1 Å². The Balaban J connectivity index is 2.27. The zero-order valence-corrected chi connectivity index (χ0v) is 10.3. The summed E-state index contributed by atoms with van der Waals surface area (Å²) in [6.45, 7) is 2.11. The molecule has 1 nitrogen and oxygen atoms in total. The van der Waals surface area contributed by atoms with Gasteiger partial charge in [-0.1, -0.05) is 58.3 Å². The van der Waals surface area contributed by atoms with Crippen LogP contribution in [0.1, 0.15) is 77.6 Å². The predicted octanol–water partition coefficient (Wildman–Crippen LogP) is 4.50. The molecule has 1 atom stereocenters. The van der Waals surface area contributed by atoms with Gasteiger partial charge in [0.15, 0.2) is 0 Å². The molecule has 0 aromatic rings. The van der Waals surface area contributed by atoms with E-state index in [-0.39, 0.29) is 0 Å². The summed E-state index contributed by atoms with van der Waals surface area (Å²) in [6, 6.07) is 0. The number of Topliss-reactive ketones (excluding diaryl/α,β-unsaturated/α-hetero) is 1. The van der Waals surface area contributed by atoms with Gasteiger partial charge in [0.1, 0.15) is 5.78 Å². The largest absolute Gasteiger partial charge is 0.299 e. The molecule has 1 unspecified atom stereocenters. The fourth-order valence-corrected chi connectivity index (χ4v) is 2.39. The Kier molecular flexibility index (Phi) is 6.71. The van der Waals surface area contributed by atoms with Gasteiger partial charge in [-0.3, -0.25) is 4.79 Å². The van der Waals surface area contributed by atoms with Crippen LogP contribution in [0.15, 0.2) is 0 Å². The van der Waals surface area contributed by atoms with Gasteiger partial charge in [-0.2, -0.15) is 0 Å². The first-order chi connectivity index (χ1) is 7.30. The van der Waals surface area contributed by atoms with Crippen molar-refractivity contribution >= 4 is 5.78 Å². The van der Waals surface area contributed by atoms with E-state index in [1.807, 2.05) is 0 Å². The fourth-order valence-electron chi connectivity index (χ4n) is 2.39. The van der Waals surface area contributed by atoms with Crippen LogP contribution >= 0.6 is 0 Å². The van der Waals surface area contributed by atoms with Gasteiger partial charge in [0.2, 0.25) is 0 Å². The normalized spacial score (nSPS) is 27.5. The maximum absolute atomic E-state index is 11.7. The highest BCUT2D eigenvalue weighted by molar-refractivity contribution is 5.80. The lowest BCUT2D eigenvalue weighted by Gasteiger charge is -2.09. The summed E-state index contributed by atoms with van der Waals surface area (Å²) < 4.78 is 0. The molecule has 1 saturated carbocycles. The van der Waals surface area contributed by atoms with Crippen LogP contribution in [-0.2, 0) is 4.79 Å². The molecule has 0 spiro atoms. The van der Waals surface area contributed by atoms with Gasteiger partial charge >= 0.3 is 0 Å². The number of carbonyl (C=O) groups is 1. The standard InChI is InChI=1S/C14H26O/c1-13-11-9-7-5-3-2-4-6-8-10-12-14(13)15/h13H,2-12H2,1H3. The first-order valence-electron chi connectivity index (χ1n) is 6.83. The van der Waals surface area contributed by atoms with Crippen molar-refractivity contribution in [1.82, 2.24) is 0 Å². The zero-order chi connectivity index (χ0) is 10.9. The second kappa shape index (κ2) is 7.90. The number of rotatable bonds is 0. The molecule has 1 heteroatoms. The lowest BCUT2D eigenvalue weighted by molar-refractivity contribution is -0.122. The third-order valence-electron chi connectivity index (χ3n) is 3.61. The van der Waals surface area contributed by atoms with Crippen LogP contribution in [-0.4, -0.2) is 5.78 Å². The average Bonchev–Trinajstić information content (AvgIpc) is 2.25. The fraction of sp³-hybridized carbons (Fsp3) is 0.929. The molecule has 0 bridgehead atoms. The van der Waals surface area contributed by atoms with Crippen molar-refractivity contribution in [2.45, 2.75) is 77.6 Å². The van der Waals surface area contributed by atoms with Crippen molar-refractivity contribution in [3.05, 3.63) is 0 Å². The summed E-state index contributed by atoms with van der Waals surface area (Å²) >= 11 is 0.